The maximum Gasteiger partial charge on any atom is 0.306 e. The highest BCUT2D eigenvalue weighted by atomic mass is 32.1. The van der Waals surface area contributed by atoms with E-state index in [9.17, 15) is 29.1 Å². The highest BCUT2D eigenvalue weighted by Crippen LogP contribution is 2.32. The molecule has 2 heterocycles. The number of amides is 3. The second-order valence-corrected chi connectivity index (χ2v) is 17.4. The lowest BCUT2D eigenvalue weighted by Gasteiger charge is -2.40. The van der Waals surface area contributed by atoms with Crippen LogP contribution in [0.5, 0.6) is 0 Å². The number of ether oxygens (including phenoxy) is 2. The standard InChI is InChI=1S/C46H65N5O8S/c1-9-30(4)41(49-43(54)38-17-13-14-22-50(38)7)45(55)51(23-24-58-8)39(29(2)3)27-40(59-32(6)52)44-48-37(28-60-44)42(53)47-36(25-31(5)46(56)57)26-33-18-20-35(21-19-33)34-15-11-10-12-16-34/h10-12,15-16,18-21,28-31,36,38-41H,9,13-14,17,22-27H2,1-8H3,(H,47,53)(H,49,54)(H,56,57)/t30?,31-,36+,38?,39+,40+,41?/m0/s1. The third-order valence-corrected chi connectivity index (χ3v) is 12.5. The lowest BCUT2D eigenvalue weighted by molar-refractivity contribution is -0.150. The van der Waals surface area contributed by atoms with Gasteiger partial charge < -0.3 is 30.1 Å². The lowest BCUT2D eigenvalue weighted by atomic mass is 9.92. The quantitative estimate of drug-likeness (QED) is 0.0919. The van der Waals surface area contributed by atoms with E-state index in [0.717, 1.165) is 42.5 Å². The largest absolute Gasteiger partial charge is 0.481 e. The van der Waals surface area contributed by atoms with Crippen LogP contribution in [0.4, 0.5) is 0 Å². The number of carboxylic acids is 1. The Labute approximate surface area is 359 Å². The SMILES string of the molecule is CCC(C)C(NC(=O)C1CCCCN1C)C(=O)N(CCOC)[C@H](C[C@@H](OC(C)=O)c1nc(C(=O)N[C@@H](Cc2ccc(-c3ccccc3)cc2)C[C@H](C)C(=O)O)cs1)C(C)C. The Morgan fingerprint density at radius 3 is 2.25 bits per heavy atom. The van der Waals surface area contributed by atoms with Gasteiger partial charge in [-0.3, -0.25) is 28.9 Å². The fraction of sp³-hybridized carbons (Fsp3) is 0.565. The molecule has 2 aromatic carbocycles. The second kappa shape index (κ2) is 23.4. The Bertz CT molecular complexity index is 1850. The minimum Gasteiger partial charge on any atom is -0.481 e. The molecular weight excluding hydrogens is 783 g/mol. The van der Waals surface area contributed by atoms with Crippen molar-refractivity contribution in [3.05, 3.63) is 76.2 Å². The predicted molar refractivity (Wildman–Crippen MR) is 233 cm³/mol. The van der Waals surface area contributed by atoms with Crippen LogP contribution < -0.4 is 10.6 Å². The number of rotatable bonds is 22. The molecule has 13 nitrogen and oxygen atoms in total. The molecular formula is C46H65N5O8S. The van der Waals surface area contributed by atoms with E-state index in [0.29, 0.717) is 17.8 Å². The first-order chi connectivity index (χ1) is 28.6. The molecule has 1 saturated heterocycles. The number of nitrogens with one attached hydrogen (secondary N) is 2. The minimum atomic E-state index is -0.957. The molecule has 3 N–H and O–H groups in total. The number of esters is 1. The summed E-state index contributed by atoms with van der Waals surface area (Å²) >= 11 is 1.18. The van der Waals surface area contributed by atoms with Gasteiger partial charge in [-0.2, -0.15) is 0 Å². The van der Waals surface area contributed by atoms with E-state index in [1.165, 1.54) is 18.3 Å². The number of carbonyl (C=O) groups is 5. The van der Waals surface area contributed by atoms with Crippen molar-refractivity contribution in [2.75, 3.05) is 33.9 Å². The maximum atomic E-state index is 14.7. The Kier molecular flexibility index (Phi) is 18.7. The van der Waals surface area contributed by atoms with Gasteiger partial charge in [0.25, 0.3) is 5.91 Å². The van der Waals surface area contributed by atoms with Crippen LogP contribution in [-0.2, 0) is 35.1 Å². The van der Waals surface area contributed by atoms with Crippen molar-refractivity contribution in [3.8, 4) is 11.1 Å². The number of hydrogen-bond acceptors (Lipinski definition) is 10. The molecule has 0 bridgehead atoms. The molecule has 4 rings (SSSR count). The van der Waals surface area contributed by atoms with Crippen LogP contribution in [0.15, 0.2) is 60.0 Å². The molecule has 3 amide bonds. The Balaban J connectivity index is 1.57. The summed E-state index contributed by atoms with van der Waals surface area (Å²) < 4.78 is 11.3. The topological polar surface area (TPSA) is 167 Å². The zero-order valence-electron chi connectivity index (χ0n) is 36.5. The van der Waals surface area contributed by atoms with E-state index in [1.807, 2.05) is 94.2 Å². The van der Waals surface area contributed by atoms with Crippen LogP contribution in [0.3, 0.4) is 0 Å². The van der Waals surface area contributed by atoms with Crippen molar-refractivity contribution in [2.45, 2.75) is 117 Å². The zero-order valence-corrected chi connectivity index (χ0v) is 37.3. The van der Waals surface area contributed by atoms with Gasteiger partial charge in [0.05, 0.1) is 18.6 Å². The fourth-order valence-electron chi connectivity index (χ4n) is 7.79. The van der Waals surface area contributed by atoms with E-state index < -0.39 is 48.0 Å². The van der Waals surface area contributed by atoms with Crippen LogP contribution in [0.2, 0.25) is 0 Å². The first-order valence-electron chi connectivity index (χ1n) is 21.2. The lowest BCUT2D eigenvalue weighted by Crippen LogP contribution is -2.59. The first-order valence-corrected chi connectivity index (χ1v) is 22.1. The monoisotopic (exact) mass is 847 g/mol. The molecule has 1 fully saturated rings. The predicted octanol–water partition coefficient (Wildman–Crippen LogP) is 6.77. The summed E-state index contributed by atoms with van der Waals surface area (Å²) in [6, 6.07) is 15.9. The van der Waals surface area contributed by atoms with Gasteiger partial charge in [-0.05, 0) is 67.8 Å². The Morgan fingerprint density at radius 2 is 1.65 bits per heavy atom. The minimum absolute atomic E-state index is 0.108. The van der Waals surface area contributed by atoms with Gasteiger partial charge in [0.1, 0.15) is 16.7 Å². The molecule has 3 unspecified atom stereocenters. The summed E-state index contributed by atoms with van der Waals surface area (Å²) in [4.78, 5) is 75.1. The second-order valence-electron chi connectivity index (χ2n) is 16.5. The van der Waals surface area contributed by atoms with Crippen LogP contribution in [-0.4, -0.2) is 108 Å². The number of likely N-dealkylation sites (tertiary alicyclic amines) is 1. The number of hydrogen-bond donors (Lipinski definition) is 3. The van der Waals surface area contributed by atoms with E-state index in [2.05, 4.69) is 15.6 Å². The number of piperidine rings is 1. The molecule has 1 aliphatic heterocycles. The molecule has 328 valence electrons. The summed E-state index contributed by atoms with van der Waals surface area (Å²) in [7, 11) is 3.51. The van der Waals surface area contributed by atoms with E-state index >= 15 is 0 Å². The fourth-order valence-corrected chi connectivity index (χ4v) is 8.63. The molecule has 3 aromatic rings. The van der Waals surface area contributed by atoms with Crippen molar-refractivity contribution in [3.63, 3.8) is 0 Å². The van der Waals surface area contributed by atoms with Crippen LogP contribution in [0.25, 0.3) is 11.1 Å². The van der Waals surface area contributed by atoms with Gasteiger partial charge in [0, 0.05) is 44.5 Å². The highest BCUT2D eigenvalue weighted by molar-refractivity contribution is 7.09. The Morgan fingerprint density at radius 1 is 0.967 bits per heavy atom. The van der Waals surface area contributed by atoms with Gasteiger partial charge in [0.15, 0.2) is 6.10 Å². The number of thiazole rings is 1. The molecule has 7 atom stereocenters. The number of likely N-dealkylation sites (N-methyl/N-ethyl adjacent to an activating group) is 1. The molecule has 14 heteroatoms. The van der Waals surface area contributed by atoms with Crippen LogP contribution >= 0.6 is 11.3 Å². The van der Waals surface area contributed by atoms with Crippen LogP contribution in [0.1, 0.15) is 107 Å². The van der Waals surface area contributed by atoms with Crippen molar-refractivity contribution in [1.29, 1.82) is 0 Å². The van der Waals surface area contributed by atoms with E-state index in [-0.39, 0.29) is 61.4 Å². The van der Waals surface area contributed by atoms with Gasteiger partial charge in [-0.1, -0.05) is 102 Å². The Hall–Kier alpha value is -4.66. The highest BCUT2D eigenvalue weighted by Gasteiger charge is 2.39. The normalized spacial score (nSPS) is 17.4. The average molecular weight is 848 g/mol. The van der Waals surface area contributed by atoms with Crippen molar-refractivity contribution >= 4 is 41.0 Å². The molecule has 0 aliphatic carbocycles. The van der Waals surface area contributed by atoms with Gasteiger partial charge >= 0.3 is 11.9 Å². The van der Waals surface area contributed by atoms with Gasteiger partial charge in [0.2, 0.25) is 11.8 Å². The van der Waals surface area contributed by atoms with Crippen molar-refractivity contribution in [1.82, 2.24) is 25.4 Å². The molecule has 0 saturated carbocycles. The smallest absolute Gasteiger partial charge is 0.306 e. The summed E-state index contributed by atoms with van der Waals surface area (Å²) in [5.41, 5.74) is 3.18. The number of methoxy groups -OCH3 is 1. The number of aliphatic carboxylic acids is 1. The van der Waals surface area contributed by atoms with Crippen molar-refractivity contribution in [2.24, 2.45) is 17.8 Å². The number of carbonyl (C=O) groups excluding carboxylic acids is 4. The molecule has 60 heavy (non-hydrogen) atoms. The van der Waals surface area contributed by atoms with E-state index in [4.69, 9.17) is 9.47 Å². The molecule has 1 aromatic heterocycles. The third kappa shape index (κ3) is 13.7. The number of carboxylic acid groups (broad SMARTS) is 1. The molecule has 0 spiro atoms. The third-order valence-electron chi connectivity index (χ3n) is 11.6. The van der Waals surface area contributed by atoms with Gasteiger partial charge in [-0.25, -0.2) is 4.98 Å². The first kappa shape index (κ1) is 48.0. The zero-order chi connectivity index (χ0) is 43.9. The summed E-state index contributed by atoms with van der Waals surface area (Å²) in [6.45, 7) is 12.2. The van der Waals surface area contributed by atoms with Gasteiger partial charge in [-0.15, -0.1) is 11.3 Å². The summed E-state index contributed by atoms with van der Waals surface area (Å²) in [6.07, 6.45) is 3.28. The number of aromatic nitrogens is 1. The van der Waals surface area contributed by atoms with E-state index in [1.54, 1.807) is 24.3 Å². The van der Waals surface area contributed by atoms with Crippen molar-refractivity contribution < 1.29 is 38.6 Å². The van der Waals surface area contributed by atoms with Crippen LogP contribution in [0, 0.1) is 17.8 Å². The number of benzene rings is 2. The maximum absolute atomic E-state index is 14.7. The molecule has 0 radical (unpaired) electrons. The number of nitrogens with zero attached hydrogens (tertiary/aromatic N) is 3. The molecule has 1 aliphatic rings. The average Bonchev–Trinajstić information content (AvgIpc) is 3.73. The summed E-state index contributed by atoms with van der Waals surface area (Å²) in [5, 5.41) is 17.9. The summed E-state index contributed by atoms with van der Waals surface area (Å²) in [5.74, 6) is -3.34.